The van der Waals surface area contributed by atoms with E-state index in [4.69, 9.17) is 23.8 Å². The van der Waals surface area contributed by atoms with Gasteiger partial charge < -0.3 is 0 Å². The van der Waals surface area contributed by atoms with E-state index in [0.717, 1.165) is 24.2 Å². The van der Waals surface area contributed by atoms with Crippen molar-refractivity contribution in [1.29, 1.82) is 0 Å². The van der Waals surface area contributed by atoms with Gasteiger partial charge in [0.1, 0.15) is 5.82 Å². The number of hydrogen-bond donors (Lipinski definition) is 1. The molecule has 100 valence electrons. The summed E-state index contributed by atoms with van der Waals surface area (Å²) >= 11 is 11.1. The minimum Gasteiger partial charge on any atom is -0.297 e. The summed E-state index contributed by atoms with van der Waals surface area (Å²) in [6, 6.07) is 5.00. The van der Waals surface area contributed by atoms with Crippen LogP contribution in [0.15, 0.2) is 18.2 Å². The Kier molecular flexibility index (Phi) is 3.41. The lowest BCUT2D eigenvalue weighted by Crippen LogP contribution is -2.07. The van der Waals surface area contributed by atoms with Gasteiger partial charge in [-0.05, 0) is 43.3 Å². The molecule has 3 nitrogen and oxygen atoms in total. The van der Waals surface area contributed by atoms with Crippen molar-refractivity contribution >= 4 is 23.8 Å². The Bertz CT molecular complexity index is 658. The van der Waals surface area contributed by atoms with E-state index < -0.39 is 5.82 Å². The second-order valence-corrected chi connectivity index (χ2v) is 5.58. The van der Waals surface area contributed by atoms with E-state index in [9.17, 15) is 4.39 Å². The third kappa shape index (κ3) is 2.32. The van der Waals surface area contributed by atoms with Crippen molar-refractivity contribution < 1.29 is 4.39 Å². The molecule has 1 fully saturated rings. The molecule has 1 aliphatic carbocycles. The topological polar surface area (TPSA) is 33.6 Å². The van der Waals surface area contributed by atoms with Crippen LogP contribution in [0.1, 0.15) is 31.7 Å². The summed E-state index contributed by atoms with van der Waals surface area (Å²) in [5.41, 5.74) is 0.783. The van der Waals surface area contributed by atoms with Crippen molar-refractivity contribution in [3.63, 3.8) is 0 Å². The average molecular weight is 298 g/mol. The van der Waals surface area contributed by atoms with Crippen LogP contribution >= 0.6 is 23.8 Å². The van der Waals surface area contributed by atoms with Gasteiger partial charge in [-0.3, -0.25) is 9.67 Å². The van der Waals surface area contributed by atoms with Crippen molar-refractivity contribution in [3.8, 4) is 11.4 Å². The second-order valence-electron chi connectivity index (χ2n) is 4.79. The third-order valence-corrected chi connectivity index (χ3v) is 4.15. The number of rotatable bonds is 2. The van der Waals surface area contributed by atoms with E-state index in [1.165, 1.54) is 18.9 Å². The van der Waals surface area contributed by atoms with Gasteiger partial charge >= 0.3 is 0 Å². The van der Waals surface area contributed by atoms with Crippen molar-refractivity contribution in [3.05, 3.63) is 33.8 Å². The molecule has 1 aliphatic rings. The third-order valence-electron chi connectivity index (χ3n) is 3.57. The second kappa shape index (κ2) is 5.06. The standard InChI is InChI=1S/C13H13ClFN3S/c14-10-7-8(5-6-11(10)15)12-16-17-13(19)18(12)9-3-1-2-4-9/h5-7,9H,1-4H2,(H,17,19). The molecule has 0 radical (unpaired) electrons. The molecule has 6 heteroatoms. The zero-order valence-electron chi connectivity index (χ0n) is 10.2. The first-order valence-corrected chi connectivity index (χ1v) is 7.08. The molecule has 2 aromatic rings. The van der Waals surface area contributed by atoms with Crippen LogP contribution in [0, 0.1) is 10.6 Å². The highest BCUT2D eigenvalue weighted by atomic mass is 35.5. The predicted molar refractivity (Wildman–Crippen MR) is 75.3 cm³/mol. The van der Waals surface area contributed by atoms with E-state index >= 15 is 0 Å². The predicted octanol–water partition coefficient (Wildman–Crippen LogP) is 4.52. The first-order chi connectivity index (χ1) is 9.16. The molecule has 1 aromatic heterocycles. The average Bonchev–Trinajstić information content (AvgIpc) is 3.01. The minimum atomic E-state index is -0.424. The molecular formula is C13H13ClFN3S. The number of nitrogens with one attached hydrogen (secondary N) is 1. The Labute approximate surface area is 120 Å². The van der Waals surface area contributed by atoms with Gasteiger partial charge in [0.25, 0.3) is 0 Å². The molecule has 1 aromatic carbocycles. The van der Waals surface area contributed by atoms with Crippen LogP contribution in [0.5, 0.6) is 0 Å². The molecule has 0 unspecified atom stereocenters. The number of aromatic nitrogens is 3. The fraction of sp³-hybridized carbons (Fsp3) is 0.385. The van der Waals surface area contributed by atoms with Gasteiger partial charge in [-0.2, -0.15) is 5.10 Å². The van der Waals surface area contributed by atoms with Crippen molar-refractivity contribution in [2.75, 3.05) is 0 Å². The summed E-state index contributed by atoms with van der Waals surface area (Å²) in [4.78, 5) is 0. The van der Waals surface area contributed by atoms with Crippen LogP contribution in [0.2, 0.25) is 5.02 Å². The fourth-order valence-electron chi connectivity index (χ4n) is 2.64. The molecule has 19 heavy (non-hydrogen) atoms. The molecule has 0 saturated heterocycles. The van der Waals surface area contributed by atoms with Crippen LogP contribution in [0.4, 0.5) is 4.39 Å². The number of hydrogen-bond acceptors (Lipinski definition) is 2. The number of benzene rings is 1. The first-order valence-electron chi connectivity index (χ1n) is 6.29. The van der Waals surface area contributed by atoms with Gasteiger partial charge in [-0.25, -0.2) is 4.39 Å². The van der Waals surface area contributed by atoms with Crippen molar-refractivity contribution in [2.45, 2.75) is 31.7 Å². The summed E-state index contributed by atoms with van der Waals surface area (Å²) in [6.45, 7) is 0. The van der Waals surface area contributed by atoms with Gasteiger partial charge in [-0.15, -0.1) is 0 Å². The minimum absolute atomic E-state index is 0.101. The lowest BCUT2D eigenvalue weighted by molar-refractivity contribution is 0.516. The molecule has 1 N–H and O–H groups in total. The molecule has 1 heterocycles. The molecular weight excluding hydrogens is 285 g/mol. The Morgan fingerprint density at radius 2 is 2.11 bits per heavy atom. The van der Waals surface area contributed by atoms with E-state index in [0.29, 0.717) is 10.8 Å². The molecule has 0 bridgehead atoms. The number of H-pyrrole nitrogens is 1. The zero-order chi connectivity index (χ0) is 13.4. The molecule has 1 saturated carbocycles. The quantitative estimate of drug-likeness (QED) is 0.827. The van der Waals surface area contributed by atoms with E-state index in [-0.39, 0.29) is 5.02 Å². The van der Waals surface area contributed by atoms with E-state index in [1.54, 1.807) is 12.1 Å². The maximum absolute atomic E-state index is 13.2. The van der Waals surface area contributed by atoms with Crippen LogP contribution in [0.25, 0.3) is 11.4 Å². The maximum atomic E-state index is 13.2. The van der Waals surface area contributed by atoms with E-state index in [2.05, 4.69) is 10.2 Å². The smallest absolute Gasteiger partial charge is 0.195 e. The highest BCUT2D eigenvalue weighted by molar-refractivity contribution is 7.71. The molecule has 0 amide bonds. The van der Waals surface area contributed by atoms with Gasteiger partial charge in [0.2, 0.25) is 0 Å². The van der Waals surface area contributed by atoms with Crippen molar-refractivity contribution in [2.24, 2.45) is 0 Å². The SMILES string of the molecule is Fc1ccc(-c2n[nH]c(=S)n2C2CCCC2)cc1Cl. The highest BCUT2D eigenvalue weighted by Crippen LogP contribution is 2.33. The molecule has 0 spiro atoms. The largest absolute Gasteiger partial charge is 0.297 e. The summed E-state index contributed by atoms with van der Waals surface area (Å²) < 4.78 is 15.9. The fourth-order valence-corrected chi connectivity index (χ4v) is 3.11. The number of aromatic amines is 1. The zero-order valence-corrected chi connectivity index (χ0v) is 11.8. The molecule has 3 rings (SSSR count). The summed E-state index contributed by atoms with van der Waals surface area (Å²) in [7, 11) is 0. The Balaban J connectivity index is 2.09. The van der Waals surface area contributed by atoms with Gasteiger partial charge in [-0.1, -0.05) is 24.4 Å². The summed E-state index contributed by atoms with van der Waals surface area (Å²) in [5.74, 6) is 0.311. The van der Waals surface area contributed by atoms with E-state index in [1.807, 2.05) is 4.57 Å². The number of nitrogens with zero attached hydrogens (tertiary/aromatic N) is 2. The molecule has 0 atom stereocenters. The normalized spacial score (nSPS) is 16.1. The lowest BCUT2D eigenvalue weighted by Gasteiger charge is -2.14. The van der Waals surface area contributed by atoms with Crippen molar-refractivity contribution in [1.82, 2.24) is 14.8 Å². The maximum Gasteiger partial charge on any atom is 0.195 e. The van der Waals surface area contributed by atoms with Crippen LogP contribution in [0.3, 0.4) is 0 Å². The van der Waals surface area contributed by atoms with Crippen LogP contribution < -0.4 is 0 Å². The monoisotopic (exact) mass is 297 g/mol. The lowest BCUT2D eigenvalue weighted by atomic mass is 10.2. The molecule has 0 aliphatic heterocycles. The van der Waals surface area contributed by atoms with Gasteiger partial charge in [0, 0.05) is 11.6 Å². The Morgan fingerprint density at radius 3 is 2.79 bits per heavy atom. The van der Waals surface area contributed by atoms with Crippen LogP contribution in [-0.2, 0) is 0 Å². The Morgan fingerprint density at radius 1 is 1.37 bits per heavy atom. The Hall–Kier alpha value is -1.20. The van der Waals surface area contributed by atoms with Gasteiger partial charge in [0.15, 0.2) is 10.6 Å². The van der Waals surface area contributed by atoms with Gasteiger partial charge in [0.05, 0.1) is 5.02 Å². The number of halogens is 2. The first kappa shape index (κ1) is 12.8. The highest BCUT2D eigenvalue weighted by Gasteiger charge is 2.22. The summed E-state index contributed by atoms with van der Waals surface area (Å²) in [6.07, 6.45) is 4.63. The van der Waals surface area contributed by atoms with Crippen LogP contribution in [-0.4, -0.2) is 14.8 Å². The summed E-state index contributed by atoms with van der Waals surface area (Å²) in [5, 5.41) is 7.19.